The van der Waals surface area contributed by atoms with Crippen molar-refractivity contribution >= 4 is 11.9 Å². The maximum atomic E-state index is 11.7. The summed E-state index contributed by atoms with van der Waals surface area (Å²) in [5.74, 6) is -1.05. The van der Waals surface area contributed by atoms with Crippen molar-refractivity contribution in [3.8, 4) is 0 Å². The normalized spacial score (nSPS) is 12.0. The van der Waals surface area contributed by atoms with Crippen molar-refractivity contribution in [2.45, 2.75) is 27.1 Å². The summed E-state index contributed by atoms with van der Waals surface area (Å²) in [4.78, 5) is 22.6. The van der Waals surface area contributed by atoms with E-state index in [1.54, 1.807) is 24.3 Å². The van der Waals surface area contributed by atoms with Gasteiger partial charge in [-0.2, -0.15) is 0 Å². The van der Waals surface area contributed by atoms with Crippen molar-refractivity contribution in [1.82, 2.24) is 0 Å². The molecule has 1 atom stereocenters. The zero-order chi connectivity index (χ0) is 12.8. The molecule has 1 aromatic carbocycles. The van der Waals surface area contributed by atoms with E-state index >= 15 is 0 Å². The standard InChI is InChI=1S/C13H16O4/c1-9(2)13(16-10(3)14)17-12(15)11-7-5-4-6-8-11/h4-9,13H,1-3H3. The van der Waals surface area contributed by atoms with Crippen LogP contribution in [0.5, 0.6) is 0 Å². The fraction of sp³-hybridized carbons (Fsp3) is 0.385. The van der Waals surface area contributed by atoms with Gasteiger partial charge in [0.15, 0.2) is 0 Å². The molecule has 0 fully saturated rings. The second-order valence-corrected chi connectivity index (χ2v) is 3.99. The second-order valence-electron chi connectivity index (χ2n) is 3.99. The highest BCUT2D eigenvalue weighted by molar-refractivity contribution is 5.89. The zero-order valence-electron chi connectivity index (χ0n) is 10.2. The molecule has 1 aromatic rings. The van der Waals surface area contributed by atoms with E-state index in [9.17, 15) is 9.59 Å². The van der Waals surface area contributed by atoms with Crippen molar-refractivity contribution in [2.24, 2.45) is 5.92 Å². The molecule has 0 heterocycles. The number of carbonyl (C=O) groups excluding carboxylic acids is 2. The van der Waals surface area contributed by atoms with E-state index in [1.807, 2.05) is 19.9 Å². The number of carbonyl (C=O) groups is 2. The fourth-order valence-corrected chi connectivity index (χ4v) is 1.21. The van der Waals surface area contributed by atoms with E-state index in [0.29, 0.717) is 5.56 Å². The third-order valence-corrected chi connectivity index (χ3v) is 2.06. The van der Waals surface area contributed by atoms with Crippen LogP contribution in [-0.4, -0.2) is 18.2 Å². The molecule has 0 N–H and O–H groups in total. The van der Waals surface area contributed by atoms with Crippen LogP contribution in [0.25, 0.3) is 0 Å². The molecule has 1 rings (SSSR count). The van der Waals surface area contributed by atoms with Crippen LogP contribution in [-0.2, 0) is 14.3 Å². The van der Waals surface area contributed by atoms with Gasteiger partial charge in [-0.25, -0.2) is 4.79 Å². The summed E-state index contributed by atoms with van der Waals surface area (Å²) < 4.78 is 10.0. The molecular weight excluding hydrogens is 220 g/mol. The second kappa shape index (κ2) is 6.03. The lowest BCUT2D eigenvalue weighted by atomic mass is 10.2. The predicted octanol–water partition coefficient (Wildman–Crippen LogP) is 2.39. The Hall–Kier alpha value is -1.84. The van der Waals surface area contributed by atoms with Crippen LogP contribution < -0.4 is 0 Å². The molecule has 0 amide bonds. The first-order chi connectivity index (χ1) is 8.00. The van der Waals surface area contributed by atoms with Gasteiger partial charge in [-0.3, -0.25) is 4.79 Å². The van der Waals surface area contributed by atoms with Gasteiger partial charge in [-0.1, -0.05) is 32.0 Å². The van der Waals surface area contributed by atoms with E-state index in [2.05, 4.69) is 0 Å². The van der Waals surface area contributed by atoms with E-state index in [1.165, 1.54) is 6.92 Å². The van der Waals surface area contributed by atoms with Gasteiger partial charge in [0, 0.05) is 12.8 Å². The Kier molecular flexibility index (Phi) is 4.69. The Balaban J connectivity index is 2.68. The van der Waals surface area contributed by atoms with Gasteiger partial charge >= 0.3 is 11.9 Å². The van der Waals surface area contributed by atoms with E-state index in [4.69, 9.17) is 9.47 Å². The lowest BCUT2D eigenvalue weighted by molar-refractivity contribution is -0.173. The van der Waals surface area contributed by atoms with Gasteiger partial charge in [0.2, 0.25) is 6.29 Å². The number of benzene rings is 1. The molecule has 4 nitrogen and oxygen atoms in total. The summed E-state index contributed by atoms with van der Waals surface area (Å²) in [7, 11) is 0. The van der Waals surface area contributed by atoms with Crippen LogP contribution in [0.3, 0.4) is 0 Å². The molecule has 0 aliphatic carbocycles. The van der Waals surface area contributed by atoms with E-state index in [-0.39, 0.29) is 5.92 Å². The highest BCUT2D eigenvalue weighted by Crippen LogP contribution is 2.12. The lowest BCUT2D eigenvalue weighted by Gasteiger charge is -2.20. The van der Waals surface area contributed by atoms with Crippen LogP contribution in [0.4, 0.5) is 0 Å². The smallest absolute Gasteiger partial charge is 0.341 e. The topological polar surface area (TPSA) is 52.6 Å². The van der Waals surface area contributed by atoms with Crippen LogP contribution in [0.15, 0.2) is 30.3 Å². The molecule has 0 aliphatic heterocycles. The first-order valence-electron chi connectivity index (χ1n) is 5.44. The van der Waals surface area contributed by atoms with Crippen molar-refractivity contribution < 1.29 is 19.1 Å². The maximum absolute atomic E-state index is 11.7. The zero-order valence-corrected chi connectivity index (χ0v) is 10.2. The average Bonchev–Trinajstić information content (AvgIpc) is 2.28. The van der Waals surface area contributed by atoms with Gasteiger partial charge in [-0.05, 0) is 12.1 Å². The third-order valence-electron chi connectivity index (χ3n) is 2.06. The minimum Gasteiger partial charge on any atom is -0.425 e. The summed E-state index contributed by atoms with van der Waals surface area (Å²) in [6.45, 7) is 4.91. The van der Waals surface area contributed by atoms with Crippen molar-refractivity contribution in [3.05, 3.63) is 35.9 Å². The van der Waals surface area contributed by atoms with Gasteiger partial charge in [-0.15, -0.1) is 0 Å². The summed E-state index contributed by atoms with van der Waals surface area (Å²) >= 11 is 0. The van der Waals surface area contributed by atoms with Crippen molar-refractivity contribution in [3.63, 3.8) is 0 Å². The monoisotopic (exact) mass is 236 g/mol. The van der Waals surface area contributed by atoms with Crippen molar-refractivity contribution in [2.75, 3.05) is 0 Å². The predicted molar refractivity (Wildman–Crippen MR) is 62.2 cm³/mol. The quantitative estimate of drug-likeness (QED) is 0.595. The Morgan fingerprint density at radius 1 is 1.06 bits per heavy atom. The van der Waals surface area contributed by atoms with Gasteiger partial charge in [0.05, 0.1) is 5.56 Å². The minimum absolute atomic E-state index is 0.0911. The number of esters is 2. The number of rotatable bonds is 4. The summed E-state index contributed by atoms with van der Waals surface area (Å²) in [6, 6.07) is 8.59. The molecule has 0 spiro atoms. The first kappa shape index (κ1) is 13.2. The maximum Gasteiger partial charge on any atom is 0.341 e. The average molecular weight is 236 g/mol. The molecular formula is C13H16O4. The van der Waals surface area contributed by atoms with Crippen molar-refractivity contribution in [1.29, 1.82) is 0 Å². The minimum atomic E-state index is -0.847. The molecule has 92 valence electrons. The molecule has 17 heavy (non-hydrogen) atoms. The molecule has 1 unspecified atom stereocenters. The Morgan fingerprint density at radius 3 is 2.12 bits per heavy atom. The molecule has 0 bridgehead atoms. The number of ether oxygens (including phenoxy) is 2. The summed E-state index contributed by atoms with van der Waals surface area (Å²) in [5, 5.41) is 0. The van der Waals surface area contributed by atoms with Crippen LogP contribution in [0.2, 0.25) is 0 Å². The Bertz CT molecular complexity index is 384. The largest absolute Gasteiger partial charge is 0.425 e. The highest BCUT2D eigenvalue weighted by Gasteiger charge is 2.21. The van der Waals surface area contributed by atoms with Crippen LogP contribution >= 0.6 is 0 Å². The Labute approximate surface area is 101 Å². The number of hydrogen-bond acceptors (Lipinski definition) is 4. The third kappa shape index (κ3) is 4.26. The highest BCUT2D eigenvalue weighted by atomic mass is 16.7. The van der Waals surface area contributed by atoms with Crippen LogP contribution in [0, 0.1) is 5.92 Å². The molecule has 0 saturated heterocycles. The van der Waals surface area contributed by atoms with E-state index < -0.39 is 18.2 Å². The molecule has 0 saturated carbocycles. The molecule has 4 heteroatoms. The summed E-state index contributed by atoms with van der Waals surface area (Å²) in [6.07, 6.45) is -0.847. The lowest BCUT2D eigenvalue weighted by Crippen LogP contribution is -2.28. The van der Waals surface area contributed by atoms with Gasteiger partial charge < -0.3 is 9.47 Å². The van der Waals surface area contributed by atoms with Gasteiger partial charge in [0.1, 0.15) is 0 Å². The Morgan fingerprint density at radius 2 is 1.65 bits per heavy atom. The fourth-order valence-electron chi connectivity index (χ4n) is 1.21. The first-order valence-corrected chi connectivity index (χ1v) is 5.44. The van der Waals surface area contributed by atoms with Gasteiger partial charge in [0.25, 0.3) is 0 Å². The van der Waals surface area contributed by atoms with E-state index in [0.717, 1.165) is 0 Å². The molecule has 0 radical (unpaired) electrons. The molecule has 0 aromatic heterocycles. The van der Waals surface area contributed by atoms with Crippen LogP contribution in [0.1, 0.15) is 31.1 Å². The molecule has 0 aliphatic rings. The summed E-state index contributed by atoms with van der Waals surface area (Å²) in [5.41, 5.74) is 0.435. The SMILES string of the molecule is CC(=O)OC(OC(=O)c1ccccc1)C(C)C. The number of hydrogen-bond donors (Lipinski definition) is 0.